The van der Waals surface area contributed by atoms with Crippen molar-refractivity contribution in [2.75, 3.05) is 5.32 Å². The van der Waals surface area contributed by atoms with Crippen molar-refractivity contribution < 1.29 is 9.31 Å². The van der Waals surface area contributed by atoms with Crippen LogP contribution in [0.4, 0.5) is 15.8 Å². The third kappa shape index (κ3) is 3.24. The smallest absolute Gasteiger partial charge is 0.288 e. The Morgan fingerprint density at radius 3 is 2.65 bits per heavy atom. The quantitative estimate of drug-likeness (QED) is 0.675. The maximum absolute atomic E-state index is 13.0. The highest BCUT2D eigenvalue weighted by Gasteiger charge is 2.11. The molecule has 6 heteroatoms. The highest BCUT2D eigenvalue weighted by atomic mass is 35.5. The second-order valence-corrected chi connectivity index (χ2v) is 4.75. The van der Waals surface area contributed by atoms with Crippen LogP contribution in [0.15, 0.2) is 36.4 Å². The van der Waals surface area contributed by atoms with E-state index in [-0.39, 0.29) is 16.5 Å². The van der Waals surface area contributed by atoms with Crippen LogP contribution < -0.4 is 5.32 Å². The average Bonchev–Trinajstić information content (AvgIpc) is 2.37. The van der Waals surface area contributed by atoms with Crippen LogP contribution in [0.2, 0.25) is 5.02 Å². The predicted molar refractivity (Wildman–Crippen MR) is 76.6 cm³/mol. The van der Waals surface area contributed by atoms with Gasteiger partial charge in [-0.3, -0.25) is 10.1 Å². The molecule has 1 N–H and O–H groups in total. The van der Waals surface area contributed by atoms with E-state index in [0.29, 0.717) is 12.2 Å². The van der Waals surface area contributed by atoms with Crippen LogP contribution in [0.3, 0.4) is 0 Å². The van der Waals surface area contributed by atoms with E-state index < -0.39 is 4.92 Å². The van der Waals surface area contributed by atoms with Gasteiger partial charge in [0.2, 0.25) is 0 Å². The lowest BCUT2D eigenvalue weighted by molar-refractivity contribution is -0.384. The number of halogens is 2. The summed E-state index contributed by atoms with van der Waals surface area (Å²) in [4.78, 5) is 10.1. The number of hydrogen-bond acceptors (Lipinski definition) is 3. The molecule has 0 spiro atoms. The van der Waals surface area contributed by atoms with Crippen LogP contribution in [0.1, 0.15) is 11.1 Å². The zero-order valence-corrected chi connectivity index (χ0v) is 11.4. The van der Waals surface area contributed by atoms with Crippen molar-refractivity contribution in [3.8, 4) is 0 Å². The zero-order chi connectivity index (χ0) is 14.7. The van der Waals surface area contributed by atoms with Crippen molar-refractivity contribution in [3.05, 3.63) is 68.5 Å². The lowest BCUT2D eigenvalue weighted by atomic mass is 10.1. The molecule has 2 rings (SSSR count). The van der Waals surface area contributed by atoms with Gasteiger partial charge in [0.1, 0.15) is 10.8 Å². The first-order valence-corrected chi connectivity index (χ1v) is 6.28. The fourth-order valence-corrected chi connectivity index (χ4v) is 2.07. The van der Waals surface area contributed by atoms with E-state index in [9.17, 15) is 14.5 Å². The number of nitrogens with one attached hydrogen (secondary N) is 1. The number of nitro benzene ring substituents is 1. The van der Waals surface area contributed by atoms with Gasteiger partial charge in [-0.05, 0) is 42.3 Å². The van der Waals surface area contributed by atoms with Crippen molar-refractivity contribution in [2.45, 2.75) is 13.5 Å². The van der Waals surface area contributed by atoms with E-state index in [1.54, 1.807) is 12.1 Å². The van der Waals surface area contributed by atoms with E-state index >= 15 is 0 Å². The molecule has 0 fully saturated rings. The molecule has 2 aromatic rings. The van der Waals surface area contributed by atoms with Crippen LogP contribution in [-0.2, 0) is 6.54 Å². The molecule has 0 amide bonds. The summed E-state index contributed by atoms with van der Waals surface area (Å²) < 4.78 is 13.0. The molecule has 0 aromatic heterocycles. The standard InChI is InChI=1S/C14H12ClFN2O2/c1-9-6-11(16)3-2-10(9)8-17-12-4-5-14(18(19)20)13(15)7-12/h2-7,17H,8H2,1H3. The number of anilines is 1. The first-order chi connectivity index (χ1) is 9.47. The normalized spacial score (nSPS) is 10.3. The Morgan fingerprint density at radius 1 is 1.30 bits per heavy atom. The van der Waals surface area contributed by atoms with Gasteiger partial charge in [-0.2, -0.15) is 0 Å². The predicted octanol–water partition coefficient (Wildman–Crippen LogP) is 4.31. The molecule has 0 radical (unpaired) electrons. The Balaban J connectivity index is 2.11. The van der Waals surface area contributed by atoms with Crippen molar-refractivity contribution in [2.24, 2.45) is 0 Å². The minimum atomic E-state index is -0.532. The molecule has 0 saturated carbocycles. The molecule has 0 aliphatic heterocycles. The fraction of sp³-hybridized carbons (Fsp3) is 0.143. The monoisotopic (exact) mass is 294 g/mol. The first-order valence-electron chi connectivity index (χ1n) is 5.90. The van der Waals surface area contributed by atoms with Crippen LogP contribution >= 0.6 is 11.6 Å². The molecule has 0 aliphatic rings. The number of benzene rings is 2. The number of aryl methyl sites for hydroxylation is 1. The Morgan fingerprint density at radius 2 is 2.05 bits per heavy atom. The SMILES string of the molecule is Cc1cc(F)ccc1CNc1ccc([N+](=O)[O-])c(Cl)c1. The lowest BCUT2D eigenvalue weighted by Gasteiger charge is -2.09. The van der Waals surface area contributed by atoms with Gasteiger partial charge in [0.25, 0.3) is 5.69 Å². The van der Waals surface area contributed by atoms with Crippen molar-refractivity contribution in [1.29, 1.82) is 0 Å². The van der Waals surface area contributed by atoms with Crippen LogP contribution in [0, 0.1) is 22.9 Å². The summed E-state index contributed by atoms with van der Waals surface area (Å²) in [5.41, 5.74) is 2.32. The minimum absolute atomic E-state index is 0.0795. The summed E-state index contributed by atoms with van der Waals surface area (Å²) in [6, 6.07) is 8.99. The largest absolute Gasteiger partial charge is 0.381 e. The summed E-state index contributed by atoms with van der Waals surface area (Å²) in [5.74, 6) is -0.273. The lowest BCUT2D eigenvalue weighted by Crippen LogP contribution is -2.02. The molecule has 0 unspecified atom stereocenters. The van der Waals surface area contributed by atoms with Crippen molar-refractivity contribution >= 4 is 23.0 Å². The molecule has 0 heterocycles. The number of hydrogen-bond donors (Lipinski definition) is 1. The van der Waals surface area contributed by atoms with Gasteiger partial charge >= 0.3 is 0 Å². The van der Waals surface area contributed by atoms with Crippen LogP contribution in [0.5, 0.6) is 0 Å². The van der Waals surface area contributed by atoms with Gasteiger partial charge in [0.05, 0.1) is 4.92 Å². The Hall–Kier alpha value is -2.14. The molecule has 0 aliphatic carbocycles. The number of nitrogens with zero attached hydrogens (tertiary/aromatic N) is 1. The highest BCUT2D eigenvalue weighted by Crippen LogP contribution is 2.27. The Kier molecular flexibility index (Phi) is 4.20. The van der Waals surface area contributed by atoms with Gasteiger partial charge in [0, 0.05) is 18.3 Å². The van der Waals surface area contributed by atoms with E-state index in [0.717, 1.165) is 11.1 Å². The van der Waals surface area contributed by atoms with Crippen LogP contribution in [-0.4, -0.2) is 4.92 Å². The van der Waals surface area contributed by atoms with Gasteiger partial charge in [-0.25, -0.2) is 4.39 Å². The average molecular weight is 295 g/mol. The molecule has 104 valence electrons. The van der Waals surface area contributed by atoms with Crippen LogP contribution in [0.25, 0.3) is 0 Å². The second-order valence-electron chi connectivity index (χ2n) is 4.35. The molecular weight excluding hydrogens is 283 g/mol. The summed E-state index contributed by atoms with van der Waals surface area (Å²) in [6.45, 7) is 2.31. The Labute approximate surface area is 120 Å². The molecule has 0 bridgehead atoms. The minimum Gasteiger partial charge on any atom is -0.381 e. The molecule has 0 saturated heterocycles. The maximum Gasteiger partial charge on any atom is 0.288 e. The van der Waals surface area contributed by atoms with E-state index in [1.165, 1.54) is 24.3 Å². The van der Waals surface area contributed by atoms with E-state index in [4.69, 9.17) is 11.6 Å². The third-order valence-corrected chi connectivity index (χ3v) is 3.23. The summed E-state index contributed by atoms with van der Waals surface area (Å²) in [6.07, 6.45) is 0. The molecule has 2 aromatic carbocycles. The van der Waals surface area contributed by atoms with E-state index in [2.05, 4.69) is 5.32 Å². The molecule has 0 atom stereocenters. The topological polar surface area (TPSA) is 55.2 Å². The van der Waals surface area contributed by atoms with Crippen molar-refractivity contribution in [1.82, 2.24) is 0 Å². The van der Waals surface area contributed by atoms with Gasteiger partial charge in [0.15, 0.2) is 0 Å². The Bertz CT molecular complexity index is 662. The first kappa shape index (κ1) is 14.3. The van der Waals surface area contributed by atoms with Gasteiger partial charge in [-0.1, -0.05) is 17.7 Å². The molecule has 20 heavy (non-hydrogen) atoms. The number of rotatable bonds is 4. The fourth-order valence-electron chi connectivity index (χ4n) is 1.82. The third-order valence-electron chi connectivity index (χ3n) is 2.93. The zero-order valence-electron chi connectivity index (χ0n) is 10.7. The summed E-state index contributed by atoms with van der Waals surface area (Å²) in [5, 5.41) is 13.8. The molecule has 4 nitrogen and oxygen atoms in total. The van der Waals surface area contributed by atoms with E-state index in [1.807, 2.05) is 6.92 Å². The number of nitro groups is 1. The highest BCUT2D eigenvalue weighted by molar-refractivity contribution is 6.32. The maximum atomic E-state index is 13.0. The summed E-state index contributed by atoms with van der Waals surface area (Å²) >= 11 is 5.83. The van der Waals surface area contributed by atoms with Gasteiger partial charge < -0.3 is 5.32 Å². The summed E-state index contributed by atoms with van der Waals surface area (Å²) in [7, 11) is 0. The molecular formula is C14H12ClFN2O2. The van der Waals surface area contributed by atoms with Crippen molar-refractivity contribution in [3.63, 3.8) is 0 Å². The second kappa shape index (κ2) is 5.88. The van der Waals surface area contributed by atoms with Gasteiger partial charge in [-0.15, -0.1) is 0 Å².